The van der Waals surface area contributed by atoms with Gasteiger partial charge in [0.25, 0.3) is 0 Å². The molecule has 13 heteroatoms. The standard InChI is InChI=1S/C22H11F6N7/c23-21(24,25)16-7-3-6-15(32-16)19-33-18(14-5-2-1-4-12(14)11-29)34-20(35-19)31-13-8-9-30-17(10-13)22(26,27)28/h1-10H,(H,30,31,33,34,35). The zero-order valence-corrected chi connectivity index (χ0v) is 17.2. The van der Waals surface area contributed by atoms with Gasteiger partial charge in [0.1, 0.15) is 17.1 Å². The van der Waals surface area contributed by atoms with E-state index in [2.05, 4.69) is 30.2 Å². The van der Waals surface area contributed by atoms with Crippen molar-refractivity contribution < 1.29 is 26.3 Å². The molecule has 0 aliphatic rings. The second-order valence-electron chi connectivity index (χ2n) is 6.92. The summed E-state index contributed by atoms with van der Waals surface area (Å²) in [5, 5.41) is 12.0. The minimum absolute atomic E-state index is 0.0824. The lowest BCUT2D eigenvalue weighted by Crippen LogP contribution is -2.10. The maximum Gasteiger partial charge on any atom is 0.433 e. The second kappa shape index (κ2) is 8.98. The van der Waals surface area contributed by atoms with Gasteiger partial charge in [0.15, 0.2) is 11.6 Å². The summed E-state index contributed by atoms with van der Waals surface area (Å²) in [6, 6.07) is 13.2. The molecule has 0 atom stereocenters. The molecule has 0 amide bonds. The molecule has 0 bridgehead atoms. The first-order valence-corrected chi connectivity index (χ1v) is 9.65. The maximum atomic E-state index is 13.2. The summed E-state index contributed by atoms with van der Waals surface area (Å²) >= 11 is 0. The van der Waals surface area contributed by atoms with E-state index in [-0.39, 0.29) is 40.1 Å². The average Bonchev–Trinajstić information content (AvgIpc) is 2.83. The molecule has 0 saturated heterocycles. The summed E-state index contributed by atoms with van der Waals surface area (Å²) < 4.78 is 78.6. The Morgan fingerprint density at radius 3 is 2.17 bits per heavy atom. The van der Waals surface area contributed by atoms with Crippen LogP contribution in [-0.2, 0) is 12.4 Å². The number of nitrogens with zero attached hydrogens (tertiary/aromatic N) is 6. The van der Waals surface area contributed by atoms with Crippen LogP contribution in [0.25, 0.3) is 22.9 Å². The number of halogens is 6. The third kappa shape index (κ3) is 5.32. The molecular weight excluding hydrogens is 476 g/mol. The fourth-order valence-corrected chi connectivity index (χ4v) is 2.95. The Bertz CT molecular complexity index is 1430. The minimum atomic E-state index is -4.73. The van der Waals surface area contributed by atoms with Crippen LogP contribution in [0.4, 0.5) is 38.0 Å². The van der Waals surface area contributed by atoms with Gasteiger partial charge >= 0.3 is 12.4 Å². The maximum absolute atomic E-state index is 13.2. The van der Waals surface area contributed by atoms with E-state index in [0.29, 0.717) is 0 Å². The van der Waals surface area contributed by atoms with Gasteiger partial charge in [-0.15, -0.1) is 0 Å². The van der Waals surface area contributed by atoms with E-state index < -0.39 is 23.7 Å². The van der Waals surface area contributed by atoms with Gasteiger partial charge in [-0.05, 0) is 36.4 Å². The summed E-state index contributed by atoms with van der Waals surface area (Å²) in [7, 11) is 0. The third-order valence-electron chi connectivity index (χ3n) is 4.50. The fraction of sp³-hybridized carbons (Fsp3) is 0.0909. The lowest BCUT2D eigenvalue weighted by molar-refractivity contribution is -0.141. The number of anilines is 2. The Labute approximate surface area is 193 Å². The topological polar surface area (TPSA) is 100 Å². The molecule has 1 N–H and O–H groups in total. The van der Waals surface area contributed by atoms with Crippen LogP contribution >= 0.6 is 0 Å². The first-order valence-electron chi connectivity index (χ1n) is 9.65. The molecule has 4 rings (SSSR count). The van der Waals surface area contributed by atoms with E-state index in [0.717, 1.165) is 24.4 Å². The number of rotatable bonds is 4. The van der Waals surface area contributed by atoms with Crippen molar-refractivity contribution in [1.82, 2.24) is 24.9 Å². The van der Waals surface area contributed by atoms with E-state index in [1.165, 1.54) is 24.3 Å². The highest BCUT2D eigenvalue weighted by molar-refractivity contribution is 5.68. The summed E-state index contributed by atoms with van der Waals surface area (Å²) in [6.07, 6.45) is -8.51. The van der Waals surface area contributed by atoms with E-state index >= 15 is 0 Å². The molecule has 176 valence electrons. The van der Waals surface area contributed by atoms with Crippen LogP contribution in [0.3, 0.4) is 0 Å². The Morgan fingerprint density at radius 2 is 1.46 bits per heavy atom. The molecule has 0 radical (unpaired) electrons. The highest BCUT2D eigenvalue weighted by atomic mass is 19.4. The summed E-state index contributed by atoms with van der Waals surface area (Å²) in [5.74, 6) is -0.670. The van der Waals surface area contributed by atoms with Gasteiger partial charge in [-0.1, -0.05) is 18.2 Å². The molecule has 4 aromatic rings. The number of pyridine rings is 2. The SMILES string of the molecule is N#Cc1ccccc1-c1nc(Nc2ccnc(C(F)(F)F)c2)nc(-c2cccc(C(F)(F)F)n2)n1. The Morgan fingerprint density at radius 1 is 0.743 bits per heavy atom. The first-order chi connectivity index (χ1) is 16.5. The minimum Gasteiger partial charge on any atom is -0.324 e. The molecule has 0 unspecified atom stereocenters. The predicted molar refractivity (Wildman–Crippen MR) is 111 cm³/mol. The van der Waals surface area contributed by atoms with Crippen molar-refractivity contribution in [3.63, 3.8) is 0 Å². The van der Waals surface area contributed by atoms with Gasteiger partial charge in [-0.3, -0.25) is 4.98 Å². The Hall–Kier alpha value is -4.60. The Kier molecular flexibility index (Phi) is 6.04. The molecule has 0 saturated carbocycles. The molecule has 0 aliphatic carbocycles. The van der Waals surface area contributed by atoms with Gasteiger partial charge in [0.2, 0.25) is 5.95 Å². The second-order valence-corrected chi connectivity index (χ2v) is 6.92. The smallest absolute Gasteiger partial charge is 0.324 e. The lowest BCUT2D eigenvalue weighted by Gasteiger charge is -2.12. The number of benzene rings is 1. The first kappa shape index (κ1) is 23.6. The molecule has 35 heavy (non-hydrogen) atoms. The molecule has 0 fully saturated rings. The molecule has 0 aliphatic heterocycles. The summed E-state index contributed by atoms with van der Waals surface area (Å²) in [6.45, 7) is 0. The quantitative estimate of drug-likeness (QED) is 0.372. The van der Waals surface area contributed by atoms with E-state index in [1.54, 1.807) is 12.1 Å². The molecular formula is C22H11F6N7. The van der Waals surface area contributed by atoms with Crippen LogP contribution < -0.4 is 5.32 Å². The zero-order chi connectivity index (χ0) is 25.2. The van der Waals surface area contributed by atoms with Crippen LogP contribution in [0.5, 0.6) is 0 Å². The van der Waals surface area contributed by atoms with Crippen molar-refractivity contribution in [1.29, 1.82) is 5.26 Å². The van der Waals surface area contributed by atoms with E-state index in [9.17, 15) is 31.6 Å². The number of nitriles is 1. The van der Waals surface area contributed by atoms with Crippen molar-refractivity contribution in [2.24, 2.45) is 0 Å². The highest BCUT2D eigenvalue weighted by Crippen LogP contribution is 2.31. The molecule has 1 aromatic carbocycles. The monoisotopic (exact) mass is 487 g/mol. The van der Waals surface area contributed by atoms with Crippen LogP contribution in [0.15, 0.2) is 60.8 Å². The van der Waals surface area contributed by atoms with Crippen LogP contribution in [0.2, 0.25) is 0 Å². The van der Waals surface area contributed by atoms with Crippen molar-refractivity contribution in [3.8, 4) is 29.0 Å². The van der Waals surface area contributed by atoms with Gasteiger partial charge in [0.05, 0.1) is 11.6 Å². The van der Waals surface area contributed by atoms with E-state index in [4.69, 9.17) is 0 Å². The number of alkyl halides is 6. The fourth-order valence-electron chi connectivity index (χ4n) is 2.95. The number of hydrogen-bond donors (Lipinski definition) is 1. The van der Waals surface area contributed by atoms with Crippen molar-refractivity contribution >= 4 is 11.6 Å². The summed E-state index contributed by atoms with van der Waals surface area (Å²) in [5.41, 5.74) is -2.30. The van der Waals surface area contributed by atoms with E-state index in [1.807, 2.05) is 6.07 Å². The third-order valence-corrected chi connectivity index (χ3v) is 4.50. The lowest BCUT2D eigenvalue weighted by atomic mass is 10.1. The molecule has 7 nitrogen and oxygen atoms in total. The zero-order valence-electron chi connectivity index (χ0n) is 17.2. The van der Waals surface area contributed by atoms with Crippen molar-refractivity contribution in [2.75, 3.05) is 5.32 Å². The largest absolute Gasteiger partial charge is 0.433 e. The number of nitrogens with one attached hydrogen (secondary N) is 1. The van der Waals surface area contributed by atoms with Crippen LogP contribution in [0, 0.1) is 11.3 Å². The van der Waals surface area contributed by atoms with Crippen molar-refractivity contribution in [3.05, 3.63) is 77.7 Å². The number of hydrogen-bond acceptors (Lipinski definition) is 7. The van der Waals surface area contributed by atoms with Crippen LogP contribution in [-0.4, -0.2) is 24.9 Å². The summed E-state index contributed by atoms with van der Waals surface area (Å²) in [4.78, 5) is 19.2. The van der Waals surface area contributed by atoms with Gasteiger partial charge in [0, 0.05) is 17.4 Å². The van der Waals surface area contributed by atoms with Crippen molar-refractivity contribution in [2.45, 2.75) is 12.4 Å². The molecule has 3 aromatic heterocycles. The van der Waals surface area contributed by atoms with Gasteiger partial charge in [-0.25, -0.2) is 9.97 Å². The molecule has 0 spiro atoms. The number of aromatic nitrogens is 5. The normalized spacial score (nSPS) is 11.7. The molecule has 3 heterocycles. The van der Waals surface area contributed by atoms with Gasteiger partial charge < -0.3 is 5.32 Å². The highest BCUT2D eigenvalue weighted by Gasteiger charge is 2.33. The average molecular weight is 487 g/mol. The Balaban J connectivity index is 1.86. The van der Waals surface area contributed by atoms with Gasteiger partial charge in [-0.2, -0.15) is 41.6 Å². The predicted octanol–water partition coefficient (Wildman–Crippen LogP) is 5.65. The van der Waals surface area contributed by atoms with Crippen LogP contribution in [0.1, 0.15) is 17.0 Å².